The van der Waals surface area contributed by atoms with Crippen molar-refractivity contribution in [3.05, 3.63) is 36.6 Å². The summed E-state index contributed by atoms with van der Waals surface area (Å²) in [5.41, 5.74) is 0.696. The maximum atomic E-state index is 10.2. The highest BCUT2D eigenvalue weighted by atomic mass is 16.3. The quantitative estimate of drug-likeness (QED) is 0.748. The van der Waals surface area contributed by atoms with Gasteiger partial charge in [0.2, 0.25) is 6.41 Å². The van der Waals surface area contributed by atoms with Crippen LogP contribution in [0.2, 0.25) is 0 Å². The monoisotopic (exact) mass is 188 g/mol. The molecule has 0 spiro atoms. The molecule has 0 bridgehead atoms. The number of nitrogens with one attached hydrogen (secondary N) is 1. The van der Waals surface area contributed by atoms with E-state index in [0.717, 1.165) is 0 Å². The number of hydrogen-bond acceptors (Lipinski definition) is 3. The standard InChI is InChI=1S/C10H8N2O2/c13-7-11-10-5-1-3-8(12-10)9-4-2-6-14-9/h1-7H,(H,11,12,13). The van der Waals surface area contributed by atoms with E-state index < -0.39 is 0 Å². The zero-order chi connectivity index (χ0) is 9.80. The first-order valence-electron chi connectivity index (χ1n) is 4.11. The van der Waals surface area contributed by atoms with Crippen molar-refractivity contribution >= 4 is 12.2 Å². The van der Waals surface area contributed by atoms with Crippen molar-refractivity contribution in [3.63, 3.8) is 0 Å². The second-order valence-electron chi connectivity index (χ2n) is 2.65. The molecule has 70 valence electrons. The molecule has 2 heterocycles. The van der Waals surface area contributed by atoms with Gasteiger partial charge in [0, 0.05) is 0 Å². The molecule has 0 aliphatic rings. The fourth-order valence-corrected chi connectivity index (χ4v) is 1.14. The van der Waals surface area contributed by atoms with E-state index in [4.69, 9.17) is 4.42 Å². The third-order valence-corrected chi connectivity index (χ3v) is 1.73. The van der Waals surface area contributed by atoms with Gasteiger partial charge in [-0.15, -0.1) is 0 Å². The molecule has 0 saturated heterocycles. The van der Waals surface area contributed by atoms with Gasteiger partial charge < -0.3 is 9.73 Å². The summed E-state index contributed by atoms with van der Waals surface area (Å²) >= 11 is 0. The van der Waals surface area contributed by atoms with Crippen LogP contribution >= 0.6 is 0 Å². The molecule has 0 radical (unpaired) electrons. The van der Waals surface area contributed by atoms with Crippen molar-refractivity contribution in [1.82, 2.24) is 4.98 Å². The van der Waals surface area contributed by atoms with Crippen LogP contribution in [0.4, 0.5) is 5.82 Å². The summed E-state index contributed by atoms with van der Waals surface area (Å²) in [7, 11) is 0. The lowest BCUT2D eigenvalue weighted by Gasteiger charge is -1.99. The SMILES string of the molecule is O=CNc1cccc(-c2ccco2)n1. The summed E-state index contributed by atoms with van der Waals surface area (Å²) in [6.45, 7) is 0. The molecule has 2 rings (SSSR count). The van der Waals surface area contributed by atoms with Gasteiger partial charge in [0.05, 0.1) is 6.26 Å². The third kappa shape index (κ3) is 1.64. The Morgan fingerprint density at radius 1 is 1.29 bits per heavy atom. The molecule has 1 amide bonds. The smallest absolute Gasteiger partial charge is 0.212 e. The number of carbonyl (C=O) groups excluding carboxylic acids is 1. The number of aromatic nitrogens is 1. The fraction of sp³-hybridized carbons (Fsp3) is 0. The van der Waals surface area contributed by atoms with Gasteiger partial charge in [-0.1, -0.05) is 6.07 Å². The number of amides is 1. The minimum atomic E-state index is 0.508. The molecule has 4 nitrogen and oxygen atoms in total. The van der Waals surface area contributed by atoms with Gasteiger partial charge in [-0.05, 0) is 24.3 Å². The van der Waals surface area contributed by atoms with E-state index in [9.17, 15) is 4.79 Å². The van der Waals surface area contributed by atoms with Gasteiger partial charge in [0.25, 0.3) is 0 Å². The zero-order valence-electron chi connectivity index (χ0n) is 7.31. The van der Waals surface area contributed by atoms with Crippen LogP contribution in [-0.2, 0) is 4.79 Å². The summed E-state index contributed by atoms with van der Waals surface area (Å²) in [6, 6.07) is 8.93. The molecule has 4 heteroatoms. The highest BCUT2D eigenvalue weighted by Gasteiger charge is 2.02. The Morgan fingerprint density at radius 3 is 2.93 bits per heavy atom. The van der Waals surface area contributed by atoms with E-state index in [-0.39, 0.29) is 0 Å². The maximum Gasteiger partial charge on any atom is 0.212 e. The summed E-state index contributed by atoms with van der Waals surface area (Å²) in [5.74, 6) is 1.19. The highest BCUT2D eigenvalue weighted by Crippen LogP contribution is 2.18. The van der Waals surface area contributed by atoms with Gasteiger partial charge in [0.15, 0.2) is 5.76 Å². The zero-order valence-corrected chi connectivity index (χ0v) is 7.31. The van der Waals surface area contributed by atoms with Gasteiger partial charge in [-0.2, -0.15) is 0 Å². The van der Waals surface area contributed by atoms with Gasteiger partial charge in [-0.25, -0.2) is 4.98 Å². The lowest BCUT2D eigenvalue weighted by atomic mass is 10.3. The first-order chi connectivity index (χ1) is 6.90. The molecule has 0 atom stereocenters. The van der Waals surface area contributed by atoms with E-state index in [1.807, 2.05) is 12.1 Å². The normalized spacial score (nSPS) is 9.71. The van der Waals surface area contributed by atoms with Crippen LogP contribution in [0.5, 0.6) is 0 Å². The van der Waals surface area contributed by atoms with Crippen LogP contribution in [0.3, 0.4) is 0 Å². The Hall–Kier alpha value is -2.10. The molecule has 2 aromatic rings. The van der Waals surface area contributed by atoms with Gasteiger partial charge >= 0.3 is 0 Å². The molecule has 0 aromatic carbocycles. The minimum Gasteiger partial charge on any atom is -0.463 e. The van der Waals surface area contributed by atoms with E-state index >= 15 is 0 Å². The third-order valence-electron chi connectivity index (χ3n) is 1.73. The first-order valence-corrected chi connectivity index (χ1v) is 4.11. The Labute approximate surface area is 80.6 Å². The molecule has 0 saturated carbocycles. The Balaban J connectivity index is 2.35. The summed E-state index contributed by atoms with van der Waals surface area (Å²) < 4.78 is 5.17. The summed E-state index contributed by atoms with van der Waals surface area (Å²) in [5, 5.41) is 2.48. The van der Waals surface area contributed by atoms with Crippen LogP contribution < -0.4 is 5.32 Å². The number of pyridine rings is 1. The van der Waals surface area contributed by atoms with E-state index in [1.54, 1.807) is 24.5 Å². The van der Waals surface area contributed by atoms with E-state index in [0.29, 0.717) is 23.7 Å². The second-order valence-corrected chi connectivity index (χ2v) is 2.65. The Kier molecular flexibility index (Phi) is 2.27. The average molecular weight is 188 g/mol. The average Bonchev–Trinajstić information content (AvgIpc) is 2.71. The van der Waals surface area contributed by atoms with Crippen LogP contribution in [0.25, 0.3) is 11.5 Å². The topological polar surface area (TPSA) is 55.1 Å². The molecular weight excluding hydrogens is 180 g/mol. The van der Waals surface area contributed by atoms with Crippen molar-refractivity contribution in [2.75, 3.05) is 5.32 Å². The summed E-state index contributed by atoms with van der Waals surface area (Å²) in [6.07, 6.45) is 2.17. The Bertz CT molecular complexity index is 423. The van der Waals surface area contributed by atoms with Crippen LogP contribution in [0.15, 0.2) is 41.0 Å². The number of nitrogens with zero attached hydrogens (tertiary/aromatic N) is 1. The Morgan fingerprint density at radius 2 is 2.21 bits per heavy atom. The molecule has 0 fully saturated rings. The molecule has 14 heavy (non-hydrogen) atoms. The molecule has 0 aliphatic heterocycles. The molecular formula is C10H8N2O2. The van der Waals surface area contributed by atoms with Crippen molar-refractivity contribution in [2.45, 2.75) is 0 Å². The van der Waals surface area contributed by atoms with Crippen molar-refractivity contribution in [3.8, 4) is 11.5 Å². The van der Waals surface area contributed by atoms with Crippen molar-refractivity contribution in [2.24, 2.45) is 0 Å². The van der Waals surface area contributed by atoms with E-state index in [2.05, 4.69) is 10.3 Å². The maximum absolute atomic E-state index is 10.2. The predicted molar refractivity (Wildman–Crippen MR) is 51.6 cm³/mol. The van der Waals surface area contributed by atoms with Crippen LogP contribution in [0, 0.1) is 0 Å². The van der Waals surface area contributed by atoms with Gasteiger partial charge in [0.1, 0.15) is 11.5 Å². The molecule has 0 unspecified atom stereocenters. The summed E-state index contributed by atoms with van der Waals surface area (Å²) in [4.78, 5) is 14.4. The van der Waals surface area contributed by atoms with Crippen molar-refractivity contribution in [1.29, 1.82) is 0 Å². The van der Waals surface area contributed by atoms with Crippen molar-refractivity contribution < 1.29 is 9.21 Å². The molecule has 1 N–H and O–H groups in total. The van der Waals surface area contributed by atoms with Crippen LogP contribution in [-0.4, -0.2) is 11.4 Å². The number of carbonyl (C=O) groups is 1. The molecule has 2 aromatic heterocycles. The second kappa shape index (κ2) is 3.74. The lowest BCUT2D eigenvalue weighted by Crippen LogP contribution is -1.96. The number of furan rings is 1. The lowest BCUT2D eigenvalue weighted by molar-refractivity contribution is -0.105. The molecule has 0 aliphatic carbocycles. The number of anilines is 1. The highest BCUT2D eigenvalue weighted by molar-refractivity contribution is 5.70. The minimum absolute atomic E-state index is 0.508. The first kappa shape index (κ1) is 8.50. The van der Waals surface area contributed by atoms with E-state index in [1.165, 1.54) is 0 Å². The predicted octanol–water partition coefficient (Wildman–Crippen LogP) is 1.91. The number of hydrogen-bond donors (Lipinski definition) is 1. The fourth-order valence-electron chi connectivity index (χ4n) is 1.14. The number of rotatable bonds is 3. The van der Waals surface area contributed by atoms with Gasteiger partial charge in [-0.3, -0.25) is 4.79 Å². The van der Waals surface area contributed by atoms with Crippen LogP contribution in [0.1, 0.15) is 0 Å². The largest absolute Gasteiger partial charge is 0.463 e.